The molecule has 0 saturated heterocycles. The summed E-state index contributed by atoms with van der Waals surface area (Å²) in [5.74, 6) is -0.205. The number of benzene rings is 1. The van der Waals surface area contributed by atoms with Crippen LogP contribution in [0.4, 0.5) is 0 Å². The Labute approximate surface area is 77.2 Å². The predicted octanol–water partition coefficient (Wildman–Crippen LogP) is 0.804. The first-order valence-electron chi connectivity index (χ1n) is 3.72. The van der Waals surface area contributed by atoms with Crippen LogP contribution in [-0.4, -0.2) is 13.6 Å². The van der Waals surface area contributed by atoms with E-state index >= 15 is 0 Å². The molecule has 0 aliphatic heterocycles. The van der Waals surface area contributed by atoms with Gasteiger partial charge in [0.1, 0.15) is 0 Å². The van der Waals surface area contributed by atoms with Crippen LogP contribution < -0.4 is 4.89 Å². The molecule has 13 heavy (non-hydrogen) atoms. The molecule has 0 atom stereocenters. The molecule has 5 heteroatoms. The highest BCUT2D eigenvalue weighted by atomic mass is 32.2. The molecule has 0 saturated carbocycles. The lowest BCUT2D eigenvalue weighted by atomic mass is 10.2. The first-order chi connectivity index (χ1) is 6.03. The van der Waals surface area contributed by atoms with E-state index < -0.39 is 10.0 Å². The largest absolute Gasteiger partial charge is 0.302 e. The highest BCUT2D eigenvalue weighted by molar-refractivity contribution is 7.88. The second kappa shape index (κ2) is 3.87. The third kappa shape index (κ3) is 3.14. The van der Waals surface area contributed by atoms with Gasteiger partial charge in [0.2, 0.25) is 10.0 Å². The molecule has 0 amide bonds. The summed E-state index contributed by atoms with van der Waals surface area (Å²) in [6.45, 7) is 1.92. The van der Waals surface area contributed by atoms with E-state index in [0.29, 0.717) is 5.56 Å². The van der Waals surface area contributed by atoms with Gasteiger partial charge in [-0.25, -0.2) is 8.42 Å². The molecular formula is C8H11NO3S. The van der Waals surface area contributed by atoms with Gasteiger partial charge in [-0.05, 0) is 12.5 Å². The SMILES string of the molecule is Cc1ccc(CS(=O)(=O)NO)cc1. The molecule has 72 valence electrons. The van der Waals surface area contributed by atoms with Gasteiger partial charge in [-0.1, -0.05) is 34.7 Å². The van der Waals surface area contributed by atoms with E-state index in [9.17, 15) is 8.42 Å². The van der Waals surface area contributed by atoms with Crippen molar-refractivity contribution in [1.29, 1.82) is 0 Å². The summed E-state index contributed by atoms with van der Waals surface area (Å²) >= 11 is 0. The van der Waals surface area contributed by atoms with Crippen LogP contribution in [0.2, 0.25) is 0 Å². The Kier molecular flexibility index (Phi) is 3.02. The van der Waals surface area contributed by atoms with Crippen molar-refractivity contribution in [2.45, 2.75) is 12.7 Å². The Morgan fingerprint density at radius 1 is 1.31 bits per heavy atom. The summed E-state index contributed by atoms with van der Waals surface area (Å²) in [5, 5.41) is 8.27. The van der Waals surface area contributed by atoms with Gasteiger partial charge in [-0.2, -0.15) is 0 Å². The number of sulfonamides is 1. The lowest BCUT2D eigenvalue weighted by Crippen LogP contribution is -2.20. The van der Waals surface area contributed by atoms with Crippen molar-refractivity contribution in [2.75, 3.05) is 0 Å². The number of hydrogen-bond acceptors (Lipinski definition) is 3. The first-order valence-corrected chi connectivity index (χ1v) is 5.38. The monoisotopic (exact) mass is 201 g/mol. The molecule has 0 aliphatic rings. The Morgan fingerprint density at radius 3 is 2.31 bits per heavy atom. The molecule has 0 aliphatic carbocycles. The standard InChI is InChI=1S/C8H11NO3S/c1-7-2-4-8(5-3-7)6-13(11,12)9-10/h2-5,9-10H,6H2,1H3. The Balaban J connectivity index is 2.82. The van der Waals surface area contributed by atoms with Gasteiger partial charge in [0.25, 0.3) is 0 Å². The second-order valence-corrected chi connectivity index (χ2v) is 4.54. The average molecular weight is 201 g/mol. The van der Waals surface area contributed by atoms with Crippen LogP contribution >= 0.6 is 0 Å². The molecule has 1 aromatic carbocycles. The second-order valence-electron chi connectivity index (χ2n) is 2.84. The van der Waals surface area contributed by atoms with Crippen LogP contribution in [0.1, 0.15) is 11.1 Å². The van der Waals surface area contributed by atoms with Gasteiger partial charge in [-0.3, -0.25) is 0 Å². The maximum atomic E-state index is 10.9. The number of hydrogen-bond donors (Lipinski definition) is 2. The molecule has 0 aromatic heterocycles. The smallest absolute Gasteiger partial charge is 0.237 e. The molecule has 0 spiro atoms. The van der Waals surface area contributed by atoms with E-state index in [1.807, 2.05) is 19.1 Å². The number of rotatable bonds is 3. The molecule has 1 aromatic rings. The summed E-state index contributed by atoms with van der Waals surface area (Å²) in [6.07, 6.45) is 0. The van der Waals surface area contributed by atoms with E-state index in [1.54, 1.807) is 12.1 Å². The zero-order valence-electron chi connectivity index (χ0n) is 7.19. The average Bonchev–Trinajstić information content (AvgIpc) is 2.09. The Morgan fingerprint density at radius 2 is 1.85 bits per heavy atom. The zero-order valence-corrected chi connectivity index (χ0v) is 8.00. The zero-order chi connectivity index (χ0) is 9.90. The molecule has 4 nitrogen and oxygen atoms in total. The molecule has 0 radical (unpaired) electrons. The van der Waals surface area contributed by atoms with Crippen molar-refractivity contribution in [2.24, 2.45) is 0 Å². The van der Waals surface area contributed by atoms with Crippen molar-refractivity contribution in [1.82, 2.24) is 4.89 Å². The molecule has 0 fully saturated rings. The first kappa shape index (κ1) is 10.2. The lowest BCUT2D eigenvalue weighted by molar-refractivity contribution is 0.242. The quantitative estimate of drug-likeness (QED) is 0.711. The molecule has 1 rings (SSSR count). The van der Waals surface area contributed by atoms with Gasteiger partial charge in [0.15, 0.2) is 0 Å². The van der Waals surface area contributed by atoms with Crippen molar-refractivity contribution in [3.63, 3.8) is 0 Å². The Bertz CT molecular complexity index is 369. The maximum absolute atomic E-state index is 10.9. The van der Waals surface area contributed by atoms with Crippen LogP contribution in [-0.2, 0) is 15.8 Å². The summed E-state index contributed by atoms with van der Waals surface area (Å²) in [5.41, 5.74) is 1.71. The van der Waals surface area contributed by atoms with Gasteiger partial charge < -0.3 is 5.21 Å². The molecule has 0 heterocycles. The minimum absolute atomic E-state index is 0.205. The van der Waals surface area contributed by atoms with Crippen LogP contribution in [0.3, 0.4) is 0 Å². The van der Waals surface area contributed by atoms with E-state index in [0.717, 1.165) is 5.56 Å². The van der Waals surface area contributed by atoms with Gasteiger partial charge in [0.05, 0.1) is 5.75 Å². The highest BCUT2D eigenvalue weighted by Crippen LogP contribution is 2.06. The minimum Gasteiger partial charge on any atom is -0.302 e. The van der Waals surface area contributed by atoms with Gasteiger partial charge >= 0.3 is 0 Å². The topological polar surface area (TPSA) is 66.4 Å². The van der Waals surface area contributed by atoms with Crippen LogP contribution in [0.15, 0.2) is 24.3 Å². The summed E-state index contributed by atoms with van der Waals surface area (Å²) in [7, 11) is -3.58. The third-order valence-corrected chi connectivity index (χ3v) is 2.61. The number of aryl methyl sites for hydroxylation is 1. The van der Waals surface area contributed by atoms with Gasteiger partial charge in [0, 0.05) is 0 Å². The van der Waals surface area contributed by atoms with E-state index in [1.165, 1.54) is 4.89 Å². The maximum Gasteiger partial charge on any atom is 0.237 e. The fourth-order valence-electron chi connectivity index (χ4n) is 0.936. The van der Waals surface area contributed by atoms with Gasteiger partial charge in [-0.15, -0.1) is 0 Å². The van der Waals surface area contributed by atoms with Crippen LogP contribution in [0.5, 0.6) is 0 Å². The van der Waals surface area contributed by atoms with Crippen LogP contribution in [0.25, 0.3) is 0 Å². The fourth-order valence-corrected chi connectivity index (χ4v) is 1.63. The molecular weight excluding hydrogens is 190 g/mol. The molecule has 0 unspecified atom stereocenters. The highest BCUT2D eigenvalue weighted by Gasteiger charge is 2.08. The summed E-state index contributed by atoms with van der Waals surface area (Å²) < 4.78 is 21.8. The van der Waals surface area contributed by atoms with Crippen molar-refractivity contribution in [3.8, 4) is 0 Å². The summed E-state index contributed by atoms with van der Waals surface area (Å²) in [6, 6.07) is 7.07. The van der Waals surface area contributed by atoms with Crippen molar-refractivity contribution >= 4 is 10.0 Å². The Hall–Kier alpha value is -0.910. The van der Waals surface area contributed by atoms with Crippen molar-refractivity contribution in [3.05, 3.63) is 35.4 Å². The molecule has 2 N–H and O–H groups in total. The predicted molar refractivity (Wildman–Crippen MR) is 48.7 cm³/mol. The number of nitrogens with one attached hydrogen (secondary N) is 1. The minimum atomic E-state index is -3.58. The third-order valence-electron chi connectivity index (χ3n) is 1.62. The fraction of sp³-hybridized carbons (Fsp3) is 0.250. The van der Waals surface area contributed by atoms with Crippen LogP contribution in [0, 0.1) is 6.92 Å². The van der Waals surface area contributed by atoms with Crippen molar-refractivity contribution < 1.29 is 13.6 Å². The normalized spacial score (nSPS) is 11.5. The van der Waals surface area contributed by atoms with E-state index in [2.05, 4.69) is 0 Å². The van der Waals surface area contributed by atoms with E-state index in [-0.39, 0.29) is 5.75 Å². The molecule has 0 bridgehead atoms. The van der Waals surface area contributed by atoms with E-state index in [4.69, 9.17) is 5.21 Å². The lowest BCUT2D eigenvalue weighted by Gasteiger charge is -2.01. The summed E-state index contributed by atoms with van der Waals surface area (Å²) in [4.78, 5) is 1.28.